The molecule has 2 amide bonds. The zero-order chi connectivity index (χ0) is 21.9. The average Bonchev–Trinajstić information content (AvgIpc) is 3.24. The van der Waals surface area contributed by atoms with Gasteiger partial charge in [0.2, 0.25) is 11.8 Å². The van der Waals surface area contributed by atoms with Gasteiger partial charge in [0.25, 0.3) is 0 Å². The molecule has 0 radical (unpaired) electrons. The molecule has 1 heterocycles. The standard InChI is InChI=1S/C21H25F3N4O2/c1-26-20(30)18-13-27(8-9-28(18)19(29)10-14-4-2-3-5-14)16-7-6-15(12-25)17(11-16)21(22,23)24/h6-7,11,14,18H,2-5,8-10,13H2,1H3,(H,26,30). The number of rotatable bonds is 4. The lowest BCUT2D eigenvalue weighted by Crippen LogP contribution is -2.60. The summed E-state index contributed by atoms with van der Waals surface area (Å²) in [6, 6.07) is 4.33. The molecule has 1 saturated carbocycles. The SMILES string of the molecule is CNC(=O)C1CN(c2ccc(C#N)c(C(F)(F)F)c2)CCN1C(=O)CC1CCCC1. The van der Waals surface area contributed by atoms with Crippen molar-refractivity contribution < 1.29 is 22.8 Å². The number of anilines is 1. The lowest BCUT2D eigenvalue weighted by Gasteiger charge is -2.42. The van der Waals surface area contributed by atoms with E-state index >= 15 is 0 Å². The van der Waals surface area contributed by atoms with Crippen molar-refractivity contribution in [1.29, 1.82) is 5.26 Å². The molecule has 9 heteroatoms. The molecule has 0 aromatic heterocycles. The van der Waals surface area contributed by atoms with E-state index in [2.05, 4.69) is 5.32 Å². The maximum Gasteiger partial charge on any atom is 0.417 e. The van der Waals surface area contributed by atoms with E-state index in [1.807, 2.05) is 0 Å². The number of likely N-dealkylation sites (N-methyl/N-ethyl adjacent to an activating group) is 1. The molecule has 0 spiro atoms. The first-order valence-corrected chi connectivity index (χ1v) is 10.1. The smallest absolute Gasteiger partial charge is 0.367 e. The Hall–Kier alpha value is -2.76. The number of carbonyl (C=O) groups excluding carboxylic acids is 2. The van der Waals surface area contributed by atoms with E-state index in [4.69, 9.17) is 5.26 Å². The normalized spacial score (nSPS) is 20.2. The highest BCUT2D eigenvalue weighted by atomic mass is 19.4. The van der Waals surface area contributed by atoms with Gasteiger partial charge in [0.05, 0.1) is 17.2 Å². The van der Waals surface area contributed by atoms with Crippen molar-refractivity contribution in [3.63, 3.8) is 0 Å². The molecule has 1 aliphatic carbocycles. The van der Waals surface area contributed by atoms with Crippen LogP contribution in [0.4, 0.5) is 18.9 Å². The minimum absolute atomic E-state index is 0.0778. The molecule has 1 atom stereocenters. The molecule has 1 unspecified atom stereocenters. The molecule has 1 N–H and O–H groups in total. The fourth-order valence-corrected chi connectivity index (χ4v) is 4.35. The molecule has 1 aliphatic heterocycles. The van der Waals surface area contributed by atoms with Crippen LogP contribution in [0.2, 0.25) is 0 Å². The molecule has 3 rings (SSSR count). The third-order valence-corrected chi connectivity index (χ3v) is 5.98. The first kappa shape index (κ1) is 21.9. The van der Waals surface area contributed by atoms with Crippen LogP contribution in [0.15, 0.2) is 18.2 Å². The first-order chi connectivity index (χ1) is 14.2. The van der Waals surface area contributed by atoms with Crippen LogP contribution in [-0.2, 0) is 15.8 Å². The van der Waals surface area contributed by atoms with Crippen LogP contribution < -0.4 is 10.2 Å². The van der Waals surface area contributed by atoms with Gasteiger partial charge in [-0.3, -0.25) is 9.59 Å². The second-order valence-electron chi connectivity index (χ2n) is 7.86. The number of hydrogen-bond acceptors (Lipinski definition) is 4. The fourth-order valence-electron chi connectivity index (χ4n) is 4.35. The molecular formula is C21H25F3N4O2. The van der Waals surface area contributed by atoms with Crippen molar-refractivity contribution in [1.82, 2.24) is 10.2 Å². The van der Waals surface area contributed by atoms with Crippen molar-refractivity contribution in [2.45, 2.75) is 44.3 Å². The fraction of sp³-hybridized carbons (Fsp3) is 0.571. The highest BCUT2D eigenvalue weighted by Gasteiger charge is 2.38. The predicted molar refractivity (Wildman–Crippen MR) is 105 cm³/mol. The monoisotopic (exact) mass is 422 g/mol. The molecule has 6 nitrogen and oxygen atoms in total. The average molecular weight is 422 g/mol. The molecular weight excluding hydrogens is 397 g/mol. The van der Waals surface area contributed by atoms with Crippen molar-refractivity contribution in [2.24, 2.45) is 5.92 Å². The molecule has 2 fully saturated rings. The topological polar surface area (TPSA) is 76.4 Å². The van der Waals surface area contributed by atoms with Gasteiger partial charge in [-0.25, -0.2) is 0 Å². The Balaban J connectivity index is 1.80. The Morgan fingerprint density at radius 3 is 2.53 bits per heavy atom. The van der Waals surface area contributed by atoms with E-state index in [0.29, 0.717) is 18.9 Å². The summed E-state index contributed by atoms with van der Waals surface area (Å²) in [5, 5.41) is 11.5. The van der Waals surface area contributed by atoms with Gasteiger partial charge in [-0.2, -0.15) is 18.4 Å². The Kier molecular flexibility index (Phi) is 6.54. The molecule has 1 aromatic carbocycles. The summed E-state index contributed by atoms with van der Waals surface area (Å²) in [5.74, 6) is -0.0798. The van der Waals surface area contributed by atoms with Gasteiger partial charge in [-0.15, -0.1) is 0 Å². The summed E-state index contributed by atoms with van der Waals surface area (Å²) in [6.07, 6.45) is 0.0161. The number of alkyl halides is 3. The largest absolute Gasteiger partial charge is 0.417 e. The summed E-state index contributed by atoms with van der Waals surface area (Å²) in [4.78, 5) is 28.5. The van der Waals surface area contributed by atoms with E-state index < -0.39 is 23.3 Å². The van der Waals surface area contributed by atoms with Crippen molar-refractivity contribution in [3.8, 4) is 6.07 Å². The molecule has 30 heavy (non-hydrogen) atoms. The van der Waals surface area contributed by atoms with Gasteiger partial charge in [-0.05, 0) is 37.0 Å². The minimum Gasteiger partial charge on any atom is -0.367 e. The predicted octanol–water partition coefficient (Wildman–Crippen LogP) is 2.92. The lowest BCUT2D eigenvalue weighted by atomic mass is 10.0. The van der Waals surface area contributed by atoms with Crippen LogP contribution in [0.3, 0.4) is 0 Å². The lowest BCUT2D eigenvalue weighted by molar-refractivity contribution is -0.141. The van der Waals surface area contributed by atoms with E-state index in [1.165, 1.54) is 13.1 Å². The minimum atomic E-state index is -4.65. The summed E-state index contributed by atoms with van der Waals surface area (Å²) in [5.41, 5.74) is -1.17. The number of nitrogens with zero attached hydrogens (tertiary/aromatic N) is 3. The van der Waals surface area contributed by atoms with Crippen LogP contribution in [-0.4, -0.2) is 49.4 Å². The molecule has 0 bridgehead atoms. The Morgan fingerprint density at radius 2 is 1.93 bits per heavy atom. The van der Waals surface area contributed by atoms with Crippen molar-refractivity contribution in [3.05, 3.63) is 29.3 Å². The third kappa shape index (κ3) is 4.69. The number of carbonyl (C=O) groups is 2. The summed E-state index contributed by atoms with van der Waals surface area (Å²) < 4.78 is 40.0. The highest BCUT2D eigenvalue weighted by molar-refractivity contribution is 5.88. The van der Waals surface area contributed by atoms with Gasteiger partial charge in [0.15, 0.2) is 0 Å². The number of nitriles is 1. The Labute approximate surface area is 173 Å². The van der Waals surface area contributed by atoms with E-state index in [-0.39, 0.29) is 30.6 Å². The van der Waals surface area contributed by atoms with Gasteiger partial charge in [0.1, 0.15) is 6.04 Å². The quantitative estimate of drug-likeness (QED) is 0.810. The number of halogens is 3. The van der Waals surface area contributed by atoms with Gasteiger partial charge >= 0.3 is 6.18 Å². The third-order valence-electron chi connectivity index (χ3n) is 5.98. The van der Waals surface area contributed by atoms with E-state index in [9.17, 15) is 22.8 Å². The van der Waals surface area contributed by atoms with Crippen molar-refractivity contribution in [2.75, 3.05) is 31.6 Å². The number of hydrogen-bond donors (Lipinski definition) is 1. The maximum atomic E-state index is 13.3. The first-order valence-electron chi connectivity index (χ1n) is 10.1. The Morgan fingerprint density at radius 1 is 1.23 bits per heavy atom. The van der Waals surface area contributed by atoms with Crippen LogP contribution in [0, 0.1) is 17.2 Å². The number of amides is 2. The zero-order valence-electron chi connectivity index (χ0n) is 16.8. The van der Waals surface area contributed by atoms with Gasteiger partial charge in [-0.1, -0.05) is 12.8 Å². The van der Waals surface area contributed by atoms with E-state index in [1.54, 1.807) is 15.9 Å². The summed E-state index contributed by atoms with van der Waals surface area (Å²) >= 11 is 0. The molecule has 1 saturated heterocycles. The van der Waals surface area contributed by atoms with E-state index in [0.717, 1.165) is 37.8 Å². The summed E-state index contributed by atoms with van der Waals surface area (Å²) in [6.45, 7) is 0.664. The highest BCUT2D eigenvalue weighted by Crippen LogP contribution is 2.35. The van der Waals surface area contributed by atoms with Gasteiger partial charge < -0.3 is 15.1 Å². The molecule has 1 aromatic rings. The number of benzene rings is 1. The zero-order valence-corrected chi connectivity index (χ0v) is 16.8. The number of nitrogens with one attached hydrogen (secondary N) is 1. The number of piperazine rings is 1. The second-order valence-corrected chi connectivity index (χ2v) is 7.86. The van der Waals surface area contributed by atoms with Crippen LogP contribution in [0.5, 0.6) is 0 Å². The van der Waals surface area contributed by atoms with Crippen molar-refractivity contribution >= 4 is 17.5 Å². The Bertz CT molecular complexity index is 844. The van der Waals surface area contributed by atoms with Gasteiger partial charge in [0, 0.05) is 38.8 Å². The van der Waals surface area contributed by atoms with Crippen LogP contribution in [0.1, 0.15) is 43.2 Å². The molecule has 162 valence electrons. The maximum absolute atomic E-state index is 13.3. The summed E-state index contributed by atoms with van der Waals surface area (Å²) in [7, 11) is 1.48. The van der Waals surface area contributed by atoms with Crippen LogP contribution >= 0.6 is 0 Å². The second kappa shape index (κ2) is 8.94. The molecule has 2 aliphatic rings. The van der Waals surface area contributed by atoms with Crippen LogP contribution in [0.25, 0.3) is 0 Å².